The van der Waals surface area contributed by atoms with Crippen LogP contribution in [0.5, 0.6) is 5.75 Å². The molecule has 1 aromatic heterocycles. The second kappa shape index (κ2) is 8.19. The molecule has 4 rings (SSSR count). The molecular weight excluding hydrogens is 368 g/mol. The fraction of sp³-hybridized carbons (Fsp3) is 0.261. The third-order valence-corrected chi connectivity index (χ3v) is 5.07. The highest BCUT2D eigenvalue weighted by atomic mass is 16.5. The number of hydrogen-bond donors (Lipinski definition) is 0. The minimum absolute atomic E-state index is 0.0343. The van der Waals surface area contributed by atoms with E-state index in [1.807, 2.05) is 4.90 Å². The summed E-state index contributed by atoms with van der Waals surface area (Å²) < 4.78 is 11.5. The van der Waals surface area contributed by atoms with Gasteiger partial charge in [0.25, 0.3) is 5.91 Å². The number of rotatable bonds is 4. The smallest absolute Gasteiger partial charge is 0.260 e. The second-order valence-electron chi connectivity index (χ2n) is 7.05. The van der Waals surface area contributed by atoms with Crippen LogP contribution in [0.15, 0.2) is 57.7 Å². The number of carbonyl (C=O) groups is 1. The lowest BCUT2D eigenvalue weighted by Crippen LogP contribution is -2.38. The first-order chi connectivity index (χ1) is 14.1. The van der Waals surface area contributed by atoms with Gasteiger partial charge in [0.05, 0.1) is 17.0 Å². The molecule has 1 fully saturated rings. The number of nitrogens with zero attached hydrogens (tertiary/aromatic N) is 2. The topological polar surface area (TPSA) is 83.5 Å². The van der Waals surface area contributed by atoms with Crippen molar-refractivity contribution in [2.24, 2.45) is 0 Å². The van der Waals surface area contributed by atoms with Crippen molar-refractivity contribution in [3.8, 4) is 23.1 Å². The summed E-state index contributed by atoms with van der Waals surface area (Å²) in [5, 5.41) is 9.30. The number of fused-ring (bicyclic) bond motifs is 1. The quantitative estimate of drug-likeness (QED) is 0.680. The number of ether oxygens (including phenoxy) is 1. The lowest BCUT2D eigenvalue weighted by molar-refractivity contribution is -0.134. The molecule has 0 bridgehead atoms. The molecule has 1 saturated heterocycles. The van der Waals surface area contributed by atoms with Crippen molar-refractivity contribution in [1.29, 1.82) is 5.26 Å². The van der Waals surface area contributed by atoms with Crippen molar-refractivity contribution in [3.05, 3.63) is 64.3 Å². The monoisotopic (exact) mass is 388 g/mol. The van der Waals surface area contributed by atoms with Crippen LogP contribution in [0.3, 0.4) is 0 Å². The van der Waals surface area contributed by atoms with E-state index in [1.54, 1.807) is 42.5 Å². The molecule has 6 nitrogen and oxygen atoms in total. The van der Waals surface area contributed by atoms with Crippen LogP contribution in [0.25, 0.3) is 22.3 Å². The number of piperidine rings is 1. The Kier molecular flexibility index (Phi) is 5.30. The van der Waals surface area contributed by atoms with Crippen LogP contribution >= 0.6 is 0 Å². The highest BCUT2D eigenvalue weighted by Crippen LogP contribution is 2.25. The molecule has 2 aromatic carbocycles. The third-order valence-electron chi connectivity index (χ3n) is 5.07. The molecule has 146 valence electrons. The van der Waals surface area contributed by atoms with E-state index in [-0.39, 0.29) is 17.9 Å². The van der Waals surface area contributed by atoms with Gasteiger partial charge >= 0.3 is 0 Å². The highest BCUT2D eigenvalue weighted by molar-refractivity contribution is 5.81. The van der Waals surface area contributed by atoms with Crippen molar-refractivity contribution in [2.45, 2.75) is 19.3 Å². The molecule has 2 heterocycles. The maximum absolute atomic E-state index is 12.6. The van der Waals surface area contributed by atoms with Crippen LogP contribution in [0, 0.1) is 11.3 Å². The van der Waals surface area contributed by atoms with Gasteiger partial charge in [-0.2, -0.15) is 5.26 Å². The Hall–Kier alpha value is -3.59. The Morgan fingerprint density at radius 1 is 1.07 bits per heavy atom. The van der Waals surface area contributed by atoms with Crippen molar-refractivity contribution < 1.29 is 13.9 Å². The van der Waals surface area contributed by atoms with Gasteiger partial charge in [-0.15, -0.1) is 0 Å². The van der Waals surface area contributed by atoms with Crippen LogP contribution in [-0.4, -0.2) is 30.5 Å². The molecule has 0 atom stereocenters. The molecule has 1 aliphatic rings. The number of nitriles is 1. The zero-order valence-corrected chi connectivity index (χ0v) is 15.9. The molecule has 0 unspecified atom stereocenters. The molecule has 0 aliphatic carbocycles. The first-order valence-electron chi connectivity index (χ1n) is 9.63. The maximum atomic E-state index is 12.6. The van der Waals surface area contributed by atoms with Crippen molar-refractivity contribution in [2.75, 3.05) is 19.7 Å². The van der Waals surface area contributed by atoms with Gasteiger partial charge in [0.2, 0.25) is 0 Å². The maximum Gasteiger partial charge on any atom is 0.260 e. The van der Waals surface area contributed by atoms with Crippen LogP contribution in [0.1, 0.15) is 24.8 Å². The largest absolute Gasteiger partial charge is 0.484 e. The SMILES string of the molecule is N#Cc1ccc(-c2cc(=O)c3cc(OCC(=O)N4CCCCC4)ccc3o2)cc1. The molecule has 0 saturated carbocycles. The first kappa shape index (κ1) is 18.8. The fourth-order valence-corrected chi connectivity index (χ4v) is 3.46. The Bertz CT molecular complexity index is 1140. The minimum atomic E-state index is -0.196. The first-order valence-corrected chi connectivity index (χ1v) is 9.63. The van der Waals surface area contributed by atoms with Crippen LogP contribution in [0.2, 0.25) is 0 Å². The van der Waals surface area contributed by atoms with Gasteiger partial charge in [-0.1, -0.05) is 0 Å². The molecule has 6 heteroatoms. The molecule has 3 aromatic rings. The summed E-state index contributed by atoms with van der Waals surface area (Å²) in [6.45, 7) is 1.52. The van der Waals surface area contributed by atoms with E-state index >= 15 is 0 Å². The second-order valence-corrected chi connectivity index (χ2v) is 7.05. The molecule has 1 aliphatic heterocycles. The van der Waals surface area contributed by atoms with Gasteiger partial charge < -0.3 is 14.1 Å². The average molecular weight is 388 g/mol. The Morgan fingerprint density at radius 3 is 2.55 bits per heavy atom. The number of carbonyl (C=O) groups excluding carboxylic acids is 1. The van der Waals surface area contributed by atoms with Gasteiger partial charge in [0, 0.05) is 24.7 Å². The van der Waals surface area contributed by atoms with Crippen molar-refractivity contribution >= 4 is 16.9 Å². The number of hydrogen-bond acceptors (Lipinski definition) is 5. The molecule has 1 amide bonds. The predicted octanol–water partition coefficient (Wildman–Crippen LogP) is 3.72. The lowest BCUT2D eigenvalue weighted by Gasteiger charge is -2.26. The zero-order chi connectivity index (χ0) is 20.2. The molecular formula is C23H20N2O4. The number of benzene rings is 2. The van der Waals surface area contributed by atoms with Gasteiger partial charge in [0.15, 0.2) is 12.0 Å². The van der Waals surface area contributed by atoms with Crippen LogP contribution in [-0.2, 0) is 4.79 Å². The predicted molar refractivity (Wildman–Crippen MR) is 109 cm³/mol. The standard InChI is InChI=1S/C23H20N2O4/c24-14-16-4-6-17(7-5-16)22-13-20(26)19-12-18(8-9-21(19)29-22)28-15-23(27)25-10-2-1-3-11-25/h4-9,12-13H,1-3,10-11,15H2. The van der Waals surface area contributed by atoms with Gasteiger partial charge in [-0.05, 0) is 61.7 Å². The Balaban J connectivity index is 1.53. The van der Waals surface area contributed by atoms with E-state index in [9.17, 15) is 9.59 Å². The summed E-state index contributed by atoms with van der Waals surface area (Å²) in [5.41, 5.74) is 1.50. The lowest BCUT2D eigenvalue weighted by atomic mass is 10.1. The van der Waals surface area contributed by atoms with Gasteiger partial charge in [0.1, 0.15) is 17.1 Å². The number of likely N-dealkylation sites (tertiary alicyclic amines) is 1. The summed E-state index contributed by atoms with van der Waals surface area (Å²) in [4.78, 5) is 26.7. The van der Waals surface area contributed by atoms with Gasteiger partial charge in [-0.3, -0.25) is 9.59 Å². The van der Waals surface area contributed by atoms with Gasteiger partial charge in [-0.25, -0.2) is 0 Å². The number of amides is 1. The average Bonchev–Trinajstić information content (AvgIpc) is 2.78. The summed E-state index contributed by atoms with van der Waals surface area (Å²) in [6, 6.07) is 15.3. The molecule has 0 spiro atoms. The van der Waals surface area contributed by atoms with E-state index in [1.165, 1.54) is 6.07 Å². The molecule has 0 N–H and O–H groups in total. The van der Waals surface area contributed by atoms with E-state index in [2.05, 4.69) is 6.07 Å². The summed E-state index contributed by atoms with van der Waals surface area (Å²) in [6.07, 6.45) is 3.23. The zero-order valence-electron chi connectivity index (χ0n) is 15.9. The fourth-order valence-electron chi connectivity index (χ4n) is 3.46. The third kappa shape index (κ3) is 4.14. The van der Waals surface area contributed by atoms with Crippen LogP contribution < -0.4 is 10.2 Å². The molecule has 0 radical (unpaired) electrons. The van der Waals surface area contributed by atoms with E-state index in [4.69, 9.17) is 14.4 Å². The van der Waals surface area contributed by atoms with Crippen LogP contribution in [0.4, 0.5) is 0 Å². The van der Waals surface area contributed by atoms with E-state index in [0.29, 0.717) is 28.0 Å². The molecule has 29 heavy (non-hydrogen) atoms. The summed E-state index contributed by atoms with van der Waals surface area (Å²) >= 11 is 0. The van der Waals surface area contributed by atoms with Crippen molar-refractivity contribution in [3.63, 3.8) is 0 Å². The Morgan fingerprint density at radius 2 is 1.83 bits per heavy atom. The van der Waals surface area contributed by atoms with E-state index in [0.717, 1.165) is 37.9 Å². The Labute approximate surface area is 167 Å². The summed E-state index contributed by atoms with van der Waals surface area (Å²) in [7, 11) is 0. The normalized spacial score (nSPS) is 13.8. The van der Waals surface area contributed by atoms with Crippen molar-refractivity contribution in [1.82, 2.24) is 4.90 Å². The summed E-state index contributed by atoms with van der Waals surface area (Å²) in [5.74, 6) is 0.857. The highest BCUT2D eigenvalue weighted by Gasteiger charge is 2.17. The minimum Gasteiger partial charge on any atom is -0.484 e. The van der Waals surface area contributed by atoms with E-state index < -0.39 is 0 Å².